The van der Waals surface area contributed by atoms with Gasteiger partial charge in [0.05, 0.1) is 0 Å². The van der Waals surface area contributed by atoms with E-state index in [4.69, 9.17) is 9.20 Å². The normalized spacial score (nSPS) is 11.7. The second-order valence-electron chi connectivity index (χ2n) is 4.82. The van der Waals surface area contributed by atoms with Crippen molar-refractivity contribution in [1.29, 1.82) is 0 Å². The van der Waals surface area contributed by atoms with Gasteiger partial charge in [0.15, 0.2) is 0 Å². The molecule has 3 aromatic rings. The van der Waals surface area contributed by atoms with Crippen LogP contribution in [0.2, 0.25) is 0 Å². The van der Waals surface area contributed by atoms with Crippen LogP contribution in [0.25, 0.3) is 0 Å². The van der Waals surface area contributed by atoms with E-state index in [1.165, 1.54) is 0 Å². The predicted molar refractivity (Wildman–Crippen MR) is 105 cm³/mol. The molecule has 0 saturated carbocycles. The van der Waals surface area contributed by atoms with Crippen molar-refractivity contribution >= 4 is 26.6 Å². The summed E-state index contributed by atoms with van der Waals surface area (Å²) in [6.07, 6.45) is 0. The Hall–Kier alpha value is -1.99. The summed E-state index contributed by atoms with van der Waals surface area (Å²) in [6, 6.07) is 29.1. The topological polar surface area (TPSA) is 27.7 Å². The molecule has 0 atom stereocenters. The molecular weight excluding hydrogens is 419 g/mol. The Kier molecular flexibility index (Phi) is 5.19. The van der Waals surface area contributed by atoms with Crippen molar-refractivity contribution in [3.63, 3.8) is 0 Å². The van der Waals surface area contributed by atoms with Crippen LogP contribution in [0.3, 0.4) is 0 Å². The van der Waals surface area contributed by atoms with Gasteiger partial charge in [-0.25, -0.2) is 0 Å². The first-order valence-electron chi connectivity index (χ1n) is 7.19. The Bertz CT molecular complexity index is 622. The quantitative estimate of drug-likeness (QED) is 0.327. The summed E-state index contributed by atoms with van der Waals surface area (Å²) in [5.74, 6) is 2.35. The summed E-state index contributed by atoms with van der Waals surface area (Å²) in [5.41, 5.74) is 0. The number of hydrogen-bond acceptors (Lipinski definition) is 3. The Morgan fingerprint density at radius 1 is 0.478 bits per heavy atom. The molecule has 0 bridgehead atoms. The van der Waals surface area contributed by atoms with E-state index in [0.717, 1.165) is 17.2 Å². The van der Waals surface area contributed by atoms with Gasteiger partial charge in [-0.1, -0.05) is 0 Å². The number of benzene rings is 3. The molecule has 5 heteroatoms. The van der Waals surface area contributed by atoms with Crippen molar-refractivity contribution in [3.8, 4) is 17.2 Å². The third-order valence-electron chi connectivity index (χ3n) is 2.92. The molecule has 0 fully saturated rings. The van der Waals surface area contributed by atoms with Crippen LogP contribution in [0.1, 0.15) is 0 Å². The predicted octanol–water partition coefficient (Wildman–Crippen LogP) is 4.29. The number of halogens is 1. The molecule has 119 valence electrons. The van der Waals surface area contributed by atoms with Crippen molar-refractivity contribution in [1.82, 2.24) is 0 Å². The van der Waals surface area contributed by atoms with Gasteiger partial charge in [0.25, 0.3) is 0 Å². The van der Waals surface area contributed by atoms with E-state index in [1.54, 1.807) is 0 Å². The van der Waals surface area contributed by atoms with Gasteiger partial charge in [-0.15, -0.1) is 0 Å². The van der Waals surface area contributed by atoms with Gasteiger partial charge in [0.1, 0.15) is 0 Å². The minimum atomic E-state index is -3.33. The van der Waals surface area contributed by atoms with Crippen LogP contribution < -0.4 is 9.20 Å². The van der Waals surface area contributed by atoms with Gasteiger partial charge in [-0.05, 0) is 0 Å². The summed E-state index contributed by atoms with van der Waals surface area (Å²) in [4.78, 5) is 0. The monoisotopic (exact) mass is 437 g/mol. The fourth-order valence-electron chi connectivity index (χ4n) is 1.95. The molecule has 0 N–H and O–H groups in total. The fraction of sp³-hybridized carbons (Fsp3) is 0. The molecule has 0 aliphatic carbocycles. The second-order valence-corrected chi connectivity index (χ2v) is 16.1. The molecule has 3 nitrogen and oxygen atoms in total. The van der Waals surface area contributed by atoms with Crippen molar-refractivity contribution in [2.75, 3.05) is 0 Å². The maximum absolute atomic E-state index is 6.21. The Morgan fingerprint density at radius 3 is 1.00 bits per heavy atom. The molecule has 0 amide bonds. The van der Waals surface area contributed by atoms with Crippen LogP contribution in [-0.2, 0) is 0 Å². The first kappa shape index (κ1) is 15.9. The molecule has 0 unspecified atom stereocenters. The second kappa shape index (κ2) is 7.52. The van der Waals surface area contributed by atoms with E-state index in [1.807, 2.05) is 91.0 Å². The molecular formula is C18H18IO3Si. The van der Waals surface area contributed by atoms with Gasteiger partial charge in [0, 0.05) is 0 Å². The Morgan fingerprint density at radius 2 is 0.739 bits per heavy atom. The molecule has 0 saturated heterocycles. The van der Waals surface area contributed by atoms with Crippen molar-refractivity contribution in [3.05, 3.63) is 91.0 Å². The molecule has 0 heterocycles. The van der Waals surface area contributed by atoms with Gasteiger partial charge < -0.3 is 0 Å². The standard InChI is InChI=1S/C18H18IO3Si/c23-19(20-16-10-4-1-5-11-16,21-17-12-6-2-7-13-17)22-18-14-8-3-9-15-18/h1-15H,23H3. The van der Waals surface area contributed by atoms with Crippen LogP contribution >= 0.6 is 18.9 Å². The van der Waals surface area contributed by atoms with Crippen LogP contribution in [0.4, 0.5) is 0 Å². The molecule has 3 rings (SSSR count). The van der Waals surface area contributed by atoms with Crippen LogP contribution in [0, 0.1) is 0 Å². The van der Waals surface area contributed by atoms with Gasteiger partial charge in [-0.2, -0.15) is 0 Å². The third kappa shape index (κ3) is 4.74. The number of para-hydroxylation sites is 3. The van der Waals surface area contributed by atoms with Crippen LogP contribution in [0.15, 0.2) is 91.0 Å². The summed E-state index contributed by atoms with van der Waals surface area (Å²) in [6.45, 7) is 0. The molecule has 3 aromatic carbocycles. The van der Waals surface area contributed by atoms with E-state index in [2.05, 4.69) is 0 Å². The van der Waals surface area contributed by atoms with Crippen LogP contribution in [0.5, 0.6) is 17.2 Å². The average molecular weight is 437 g/mol. The zero-order valence-electron chi connectivity index (χ0n) is 12.8. The number of hydrogen-bond donors (Lipinski definition) is 0. The summed E-state index contributed by atoms with van der Waals surface area (Å²) < 4.78 is 18.6. The summed E-state index contributed by atoms with van der Waals surface area (Å²) in [7, 11) is 0.686. The van der Waals surface area contributed by atoms with Crippen molar-refractivity contribution in [2.24, 2.45) is 0 Å². The zero-order valence-corrected chi connectivity index (χ0v) is 16.9. The molecule has 0 aliphatic rings. The van der Waals surface area contributed by atoms with E-state index < -0.39 is 18.9 Å². The van der Waals surface area contributed by atoms with E-state index in [9.17, 15) is 0 Å². The van der Waals surface area contributed by atoms with E-state index >= 15 is 0 Å². The van der Waals surface area contributed by atoms with Gasteiger partial charge in [-0.3, -0.25) is 0 Å². The zero-order chi connectivity index (χ0) is 16.0. The third-order valence-corrected chi connectivity index (χ3v) is 9.95. The molecule has 0 aliphatic heterocycles. The number of rotatable bonds is 6. The average Bonchev–Trinajstić information content (AvgIpc) is 2.57. The molecule has 0 spiro atoms. The first-order chi connectivity index (χ1) is 11.2. The summed E-state index contributed by atoms with van der Waals surface area (Å²) in [5, 5.41) is 0. The van der Waals surface area contributed by atoms with E-state index in [-0.39, 0.29) is 0 Å². The summed E-state index contributed by atoms with van der Waals surface area (Å²) >= 11 is -3.33. The molecule has 0 aromatic heterocycles. The Labute approximate surface area is 143 Å². The van der Waals surface area contributed by atoms with Crippen molar-refractivity contribution in [2.45, 2.75) is 0 Å². The minimum absolute atomic E-state index is 0.686. The van der Waals surface area contributed by atoms with E-state index in [0.29, 0.717) is 7.74 Å². The van der Waals surface area contributed by atoms with Crippen molar-refractivity contribution < 1.29 is 9.20 Å². The molecule has 1 radical (unpaired) electrons. The fourth-order valence-corrected chi connectivity index (χ4v) is 9.46. The van der Waals surface area contributed by atoms with Gasteiger partial charge >= 0.3 is 144 Å². The molecule has 23 heavy (non-hydrogen) atoms. The van der Waals surface area contributed by atoms with Crippen LogP contribution in [-0.4, -0.2) is 7.74 Å². The SMILES string of the molecule is [SiH3][I](Oc1ccccc1)(Oc1ccccc1)Oc1ccccc1. The maximum atomic E-state index is 6.21. The Balaban J connectivity index is 1.85. The first-order valence-corrected chi connectivity index (χ1v) is 17.1. The van der Waals surface area contributed by atoms with Gasteiger partial charge in [0.2, 0.25) is 0 Å².